The number of sulfonamides is 1. The van der Waals surface area contributed by atoms with Crippen LogP contribution in [0.5, 0.6) is 0 Å². The van der Waals surface area contributed by atoms with Crippen LogP contribution in [0.25, 0.3) is 11.1 Å². The number of anilines is 1. The molecule has 0 fully saturated rings. The van der Waals surface area contributed by atoms with Gasteiger partial charge in [-0.1, -0.05) is 35.9 Å². The van der Waals surface area contributed by atoms with Gasteiger partial charge in [0.15, 0.2) is 0 Å². The first-order chi connectivity index (χ1) is 17.9. The maximum atomic E-state index is 13.8. The molecule has 1 N–H and O–H groups in total. The van der Waals surface area contributed by atoms with Gasteiger partial charge >= 0.3 is 6.18 Å². The Hall–Kier alpha value is -3.50. The fraction of sp³-hybridized carbons (Fsp3) is 0.148. The van der Waals surface area contributed by atoms with Gasteiger partial charge in [0.2, 0.25) is 5.95 Å². The highest BCUT2D eigenvalue weighted by Crippen LogP contribution is 2.45. The molecular formula is C27H18ClF5N2O2S. The normalized spacial score (nSPS) is 15.4. The van der Waals surface area contributed by atoms with Crippen molar-refractivity contribution in [3.63, 3.8) is 0 Å². The van der Waals surface area contributed by atoms with Gasteiger partial charge in [0, 0.05) is 5.92 Å². The quantitative estimate of drug-likeness (QED) is 0.201. The van der Waals surface area contributed by atoms with Crippen LogP contribution in [0.4, 0.5) is 27.8 Å². The summed E-state index contributed by atoms with van der Waals surface area (Å²) in [6.07, 6.45) is -3.59. The molecule has 0 amide bonds. The summed E-state index contributed by atoms with van der Waals surface area (Å²) < 4.78 is 95.8. The summed E-state index contributed by atoms with van der Waals surface area (Å²) >= 11 is 5.93. The van der Waals surface area contributed by atoms with Gasteiger partial charge in [-0.05, 0) is 89.2 Å². The monoisotopic (exact) mass is 564 g/mol. The summed E-state index contributed by atoms with van der Waals surface area (Å²) in [6, 6.07) is 15.4. The van der Waals surface area contributed by atoms with Gasteiger partial charge in [0.25, 0.3) is 10.0 Å². The van der Waals surface area contributed by atoms with Gasteiger partial charge in [-0.15, -0.1) is 0 Å². The smallest absolute Gasteiger partial charge is 0.263 e. The van der Waals surface area contributed by atoms with Crippen molar-refractivity contribution in [2.45, 2.75) is 29.8 Å². The van der Waals surface area contributed by atoms with Crippen molar-refractivity contribution in [2.75, 3.05) is 4.72 Å². The highest BCUT2D eigenvalue weighted by Gasteiger charge is 2.33. The molecule has 196 valence electrons. The van der Waals surface area contributed by atoms with E-state index in [1.807, 2.05) is 0 Å². The Bertz CT molecular complexity index is 1660. The molecule has 0 saturated carbocycles. The Kier molecular flexibility index (Phi) is 6.65. The second-order valence-corrected chi connectivity index (χ2v) is 10.9. The van der Waals surface area contributed by atoms with Crippen molar-refractivity contribution in [1.82, 2.24) is 4.98 Å². The third-order valence-electron chi connectivity index (χ3n) is 6.44. The molecule has 0 unspecified atom stereocenters. The molecule has 5 rings (SSSR count). The topological polar surface area (TPSA) is 59.1 Å². The number of hydrogen-bond donors (Lipinski definition) is 1. The molecule has 4 aromatic rings. The minimum absolute atomic E-state index is 0.0547. The van der Waals surface area contributed by atoms with Crippen LogP contribution in [0, 0.1) is 11.8 Å². The summed E-state index contributed by atoms with van der Waals surface area (Å²) in [5.74, 6) is -2.03. The van der Waals surface area contributed by atoms with Crippen molar-refractivity contribution in [2.24, 2.45) is 0 Å². The van der Waals surface area contributed by atoms with Crippen molar-refractivity contribution in [3.05, 3.63) is 112 Å². The van der Waals surface area contributed by atoms with Crippen LogP contribution in [0.3, 0.4) is 0 Å². The largest absolute Gasteiger partial charge is 0.416 e. The summed E-state index contributed by atoms with van der Waals surface area (Å²) in [5.41, 5.74) is 1.80. The highest BCUT2D eigenvalue weighted by molar-refractivity contribution is 7.92. The molecule has 1 aliphatic carbocycles. The molecular weight excluding hydrogens is 547 g/mol. The predicted molar refractivity (Wildman–Crippen MR) is 133 cm³/mol. The van der Waals surface area contributed by atoms with E-state index >= 15 is 0 Å². The second-order valence-electron chi connectivity index (χ2n) is 8.83. The lowest BCUT2D eigenvalue weighted by Gasteiger charge is -2.20. The Balaban J connectivity index is 1.54. The molecule has 3 aromatic carbocycles. The van der Waals surface area contributed by atoms with Crippen LogP contribution in [-0.2, 0) is 22.6 Å². The molecule has 0 radical (unpaired) electrons. The summed E-state index contributed by atoms with van der Waals surface area (Å²) in [6.45, 7) is 0. The number of aryl methyl sites for hydroxylation is 1. The Morgan fingerprint density at radius 2 is 1.68 bits per heavy atom. The van der Waals surface area contributed by atoms with Crippen molar-refractivity contribution in [3.8, 4) is 11.1 Å². The number of hydrogen-bond acceptors (Lipinski definition) is 3. The molecule has 0 spiro atoms. The Morgan fingerprint density at radius 1 is 0.921 bits per heavy atom. The summed E-state index contributed by atoms with van der Waals surface area (Å²) in [4.78, 5) is 3.46. The molecule has 0 bridgehead atoms. The molecule has 4 nitrogen and oxygen atoms in total. The molecule has 1 heterocycles. The van der Waals surface area contributed by atoms with Crippen molar-refractivity contribution < 1.29 is 30.4 Å². The van der Waals surface area contributed by atoms with Gasteiger partial charge in [0.1, 0.15) is 11.6 Å². The van der Waals surface area contributed by atoms with E-state index in [0.717, 1.165) is 29.8 Å². The van der Waals surface area contributed by atoms with Crippen molar-refractivity contribution in [1.29, 1.82) is 0 Å². The number of pyridine rings is 1. The van der Waals surface area contributed by atoms with Crippen LogP contribution in [0.15, 0.2) is 77.7 Å². The predicted octanol–water partition coefficient (Wildman–Crippen LogP) is 7.58. The Labute approximate surface area is 220 Å². The molecule has 0 saturated heterocycles. The summed E-state index contributed by atoms with van der Waals surface area (Å²) in [5, 5.41) is -0.215. The fourth-order valence-electron chi connectivity index (χ4n) is 4.70. The Morgan fingerprint density at radius 3 is 2.39 bits per heavy atom. The average molecular weight is 565 g/mol. The number of fused-ring (bicyclic) bond motifs is 1. The molecule has 1 atom stereocenters. The molecule has 38 heavy (non-hydrogen) atoms. The molecule has 0 aliphatic heterocycles. The first-order valence-electron chi connectivity index (χ1n) is 11.4. The zero-order valence-electron chi connectivity index (χ0n) is 19.4. The van der Waals surface area contributed by atoms with E-state index in [2.05, 4.69) is 9.71 Å². The van der Waals surface area contributed by atoms with E-state index in [-0.39, 0.29) is 27.2 Å². The van der Waals surface area contributed by atoms with Crippen LogP contribution in [0.1, 0.15) is 34.6 Å². The second kappa shape index (κ2) is 9.67. The maximum Gasteiger partial charge on any atom is 0.416 e. The van der Waals surface area contributed by atoms with Gasteiger partial charge in [-0.3, -0.25) is 4.72 Å². The third kappa shape index (κ3) is 5.10. The number of nitrogens with one attached hydrogen (secondary N) is 1. The number of alkyl halides is 3. The fourth-order valence-corrected chi connectivity index (χ4v) is 5.93. The molecule has 11 heteroatoms. The van der Waals surface area contributed by atoms with Gasteiger partial charge in [-0.25, -0.2) is 17.8 Å². The minimum atomic E-state index is -4.59. The lowest BCUT2D eigenvalue weighted by atomic mass is 9.86. The number of halogens is 6. The maximum absolute atomic E-state index is 13.8. The van der Waals surface area contributed by atoms with Crippen molar-refractivity contribution >= 4 is 27.4 Å². The van der Waals surface area contributed by atoms with E-state index in [4.69, 9.17) is 11.6 Å². The average Bonchev–Trinajstić information content (AvgIpc) is 3.28. The van der Waals surface area contributed by atoms with Gasteiger partial charge in [-0.2, -0.15) is 17.6 Å². The van der Waals surface area contributed by atoms with Gasteiger partial charge < -0.3 is 0 Å². The zero-order valence-corrected chi connectivity index (χ0v) is 20.9. The number of rotatable bonds is 5. The zero-order chi connectivity index (χ0) is 27.2. The lowest BCUT2D eigenvalue weighted by Crippen LogP contribution is -2.14. The highest BCUT2D eigenvalue weighted by atomic mass is 35.5. The number of nitrogens with zero attached hydrogens (tertiary/aromatic N) is 1. The van der Waals surface area contributed by atoms with Crippen LogP contribution in [-0.4, -0.2) is 13.4 Å². The van der Waals surface area contributed by atoms with Crippen LogP contribution in [0.2, 0.25) is 5.02 Å². The van der Waals surface area contributed by atoms with E-state index in [1.54, 1.807) is 6.07 Å². The van der Waals surface area contributed by atoms with E-state index in [9.17, 15) is 30.4 Å². The van der Waals surface area contributed by atoms with E-state index in [0.29, 0.717) is 29.5 Å². The van der Waals surface area contributed by atoms with E-state index < -0.39 is 33.5 Å². The molecule has 1 aliphatic rings. The first-order valence-corrected chi connectivity index (χ1v) is 13.2. The minimum Gasteiger partial charge on any atom is -0.263 e. The first kappa shape index (κ1) is 26.1. The lowest BCUT2D eigenvalue weighted by molar-refractivity contribution is -0.137. The number of benzene rings is 3. The third-order valence-corrected chi connectivity index (χ3v) is 8.09. The number of aromatic nitrogens is 1. The molecule has 1 aromatic heterocycles. The van der Waals surface area contributed by atoms with Crippen LogP contribution >= 0.6 is 11.6 Å². The van der Waals surface area contributed by atoms with E-state index in [1.165, 1.54) is 42.5 Å². The SMILES string of the molecule is O=S(=O)(Nc1cccc(F)n1)c1ccc2c(c1)CC[C@@H]2c1ccc(C(F)(F)F)cc1-c1ccc(F)c(Cl)c1. The standard InChI is InChI=1S/C27H18ClF5N2O2S/c28-23-13-16(5-11-24(23)29)22-14-17(27(31,32)33)6-9-21(22)20-8-4-15-12-18(7-10-19(15)20)38(36,37)35-26-3-1-2-25(30)34-26/h1-3,5-7,9-14,20H,4,8H2,(H,34,35)/t20-/m0/s1. The van der Waals surface area contributed by atoms with Crippen LogP contribution < -0.4 is 4.72 Å². The van der Waals surface area contributed by atoms with Gasteiger partial charge in [0.05, 0.1) is 15.5 Å². The summed E-state index contributed by atoms with van der Waals surface area (Å²) in [7, 11) is -4.07.